The molecule has 1 N–H and O–H groups in total. The SMILES string of the molecule is Cc1ccc(-n2cc(C(=O)NCCc3cccs3)nn2)cc1C. The van der Waals surface area contributed by atoms with Crippen molar-refractivity contribution in [3.8, 4) is 5.69 Å². The Morgan fingerprint density at radius 3 is 2.87 bits per heavy atom. The minimum Gasteiger partial charge on any atom is -0.350 e. The molecule has 0 saturated carbocycles. The minimum atomic E-state index is -0.198. The fraction of sp³-hybridized carbons (Fsp3) is 0.235. The van der Waals surface area contributed by atoms with Crippen LogP contribution < -0.4 is 5.32 Å². The third-order valence-electron chi connectivity index (χ3n) is 3.72. The van der Waals surface area contributed by atoms with Crippen LogP contribution in [0.2, 0.25) is 0 Å². The van der Waals surface area contributed by atoms with Crippen molar-refractivity contribution in [3.63, 3.8) is 0 Å². The molecule has 6 heteroatoms. The summed E-state index contributed by atoms with van der Waals surface area (Å²) >= 11 is 1.69. The van der Waals surface area contributed by atoms with Gasteiger partial charge in [0.1, 0.15) is 0 Å². The van der Waals surface area contributed by atoms with Gasteiger partial charge in [0.15, 0.2) is 5.69 Å². The average Bonchev–Trinajstić information content (AvgIpc) is 3.21. The molecule has 1 amide bonds. The van der Waals surface area contributed by atoms with Crippen LogP contribution >= 0.6 is 11.3 Å². The summed E-state index contributed by atoms with van der Waals surface area (Å²) in [6, 6.07) is 10.1. The topological polar surface area (TPSA) is 59.8 Å². The molecular formula is C17H18N4OS. The van der Waals surface area contributed by atoms with Gasteiger partial charge in [-0.1, -0.05) is 17.3 Å². The quantitative estimate of drug-likeness (QED) is 0.784. The van der Waals surface area contributed by atoms with Crippen LogP contribution in [0.15, 0.2) is 41.9 Å². The van der Waals surface area contributed by atoms with E-state index in [1.807, 2.05) is 36.6 Å². The van der Waals surface area contributed by atoms with Crippen LogP contribution in [0.4, 0.5) is 0 Å². The molecule has 0 aliphatic carbocycles. The fourth-order valence-electron chi connectivity index (χ4n) is 2.21. The maximum atomic E-state index is 12.1. The van der Waals surface area contributed by atoms with Gasteiger partial charge < -0.3 is 5.32 Å². The number of hydrogen-bond donors (Lipinski definition) is 1. The van der Waals surface area contributed by atoms with Crippen LogP contribution in [0.25, 0.3) is 5.69 Å². The highest BCUT2D eigenvalue weighted by atomic mass is 32.1. The third-order valence-corrected chi connectivity index (χ3v) is 4.65. The van der Waals surface area contributed by atoms with Gasteiger partial charge in [0, 0.05) is 11.4 Å². The standard InChI is InChI=1S/C17H18N4OS/c1-12-5-6-14(10-13(12)2)21-11-16(19-20-21)17(22)18-8-7-15-4-3-9-23-15/h3-6,9-11H,7-8H2,1-2H3,(H,18,22). The molecule has 0 fully saturated rings. The molecule has 118 valence electrons. The molecule has 3 aromatic rings. The number of aryl methyl sites for hydroxylation is 2. The Morgan fingerprint density at radius 2 is 2.13 bits per heavy atom. The molecule has 2 aromatic heterocycles. The van der Waals surface area contributed by atoms with Gasteiger partial charge in [0.05, 0.1) is 11.9 Å². The Hall–Kier alpha value is -2.47. The van der Waals surface area contributed by atoms with E-state index in [9.17, 15) is 4.79 Å². The van der Waals surface area contributed by atoms with Crippen molar-refractivity contribution in [2.75, 3.05) is 6.54 Å². The highest BCUT2D eigenvalue weighted by Gasteiger charge is 2.11. The van der Waals surface area contributed by atoms with E-state index in [0.717, 1.165) is 12.1 Å². The predicted octanol–water partition coefficient (Wildman–Crippen LogP) is 2.92. The van der Waals surface area contributed by atoms with Crippen molar-refractivity contribution >= 4 is 17.2 Å². The van der Waals surface area contributed by atoms with Crippen LogP contribution in [0.1, 0.15) is 26.5 Å². The van der Waals surface area contributed by atoms with Crippen LogP contribution in [-0.4, -0.2) is 27.4 Å². The number of amides is 1. The first-order chi connectivity index (χ1) is 11.1. The number of benzene rings is 1. The van der Waals surface area contributed by atoms with Crippen molar-refractivity contribution in [1.29, 1.82) is 0 Å². The van der Waals surface area contributed by atoms with Crippen molar-refractivity contribution in [2.45, 2.75) is 20.3 Å². The second-order valence-electron chi connectivity index (χ2n) is 5.40. The van der Waals surface area contributed by atoms with E-state index in [-0.39, 0.29) is 5.91 Å². The summed E-state index contributed by atoms with van der Waals surface area (Å²) in [6.07, 6.45) is 2.49. The summed E-state index contributed by atoms with van der Waals surface area (Å²) in [7, 11) is 0. The fourth-order valence-corrected chi connectivity index (χ4v) is 2.92. The molecule has 2 heterocycles. The Kier molecular flexibility index (Phi) is 4.52. The number of carbonyl (C=O) groups is 1. The number of rotatable bonds is 5. The highest BCUT2D eigenvalue weighted by molar-refractivity contribution is 7.09. The lowest BCUT2D eigenvalue weighted by Gasteiger charge is -2.04. The summed E-state index contributed by atoms with van der Waals surface area (Å²) < 4.78 is 1.63. The largest absolute Gasteiger partial charge is 0.350 e. The molecule has 0 spiro atoms. The zero-order chi connectivity index (χ0) is 16.2. The van der Waals surface area contributed by atoms with Gasteiger partial charge in [-0.3, -0.25) is 4.79 Å². The maximum Gasteiger partial charge on any atom is 0.273 e. The second kappa shape index (κ2) is 6.75. The van der Waals surface area contributed by atoms with Crippen molar-refractivity contribution < 1.29 is 4.79 Å². The lowest BCUT2D eigenvalue weighted by atomic mass is 10.1. The van der Waals surface area contributed by atoms with E-state index in [1.54, 1.807) is 22.2 Å². The Labute approximate surface area is 139 Å². The monoisotopic (exact) mass is 326 g/mol. The van der Waals surface area contributed by atoms with Gasteiger partial charge in [-0.25, -0.2) is 4.68 Å². The zero-order valence-corrected chi connectivity index (χ0v) is 13.9. The molecule has 0 saturated heterocycles. The van der Waals surface area contributed by atoms with Gasteiger partial charge in [0.25, 0.3) is 5.91 Å². The molecule has 0 atom stereocenters. The number of hydrogen-bond acceptors (Lipinski definition) is 4. The summed E-state index contributed by atoms with van der Waals surface area (Å²) in [5.41, 5.74) is 3.63. The lowest BCUT2D eigenvalue weighted by molar-refractivity contribution is 0.0949. The number of carbonyl (C=O) groups excluding carboxylic acids is 1. The van der Waals surface area contributed by atoms with Gasteiger partial charge >= 0.3 is 0 Å². The first-order valence-electron chi connectivity index (χ1n) is 7.44. The molecule has 0 aliphatic heterocycles. The van der Waals surface area contributed by atoms with Crippen LogP contribution in [0.5, 0.6) is 0 Å². The summed E-state index contributed by atoms with van der Waals surface area (Å²) in [5.74, 6) is -0.198. The highest BCUT2D eigenvalue weighted by Crippen LogP contribution is 2.13. The summed E-state index contributed by atoms with van der Waals surface area (Å²) in [6.45, 7) is 4.71. The minimum absolute atomic E-state index is 0.198. The summed E-state index contributed by atoms with van der Waals surface area (Å²) in [5, 5.41) is 12.9. The average molecular weight is 326 g/mol. The van der Waals surface area contributed by atoms with Crippen molar-refractivity contribution in [1.82, 2.24) is 20.3 Å². The van der Waals surface area contributed by atoms with E-state index in [0.29, 0.717) is 12.2 Å². The zero-order valence-electron chi connectivity index (χ0n) is 13.1. The normalized spacial score (nSPS) is 10.7. The summed E-state index contributed by atoms with van der Waals surface area (Å²) in [4.78, 5) is 13.4. The molecule has 0 aliphatic rings. The third kappa shape index (κ3) is 3.65. The van der Waals surface area contributed by atoms with Crippen molar-refractivity contribution in [3.05, 3.63) is 63.6 Å². The number of aromatic nitrogens is 3. The Morgan fingerprint density at radius 1 is 1.26 bits per heavy atom. The van der Waals surface area contributed by atoms with Crippen LogP contribution in [0.3, 0.4) is 0 Å². The molecule has 23 heavy (non-hydrogen) atoms. The molecule has 0 bridgehead atoms. The van der Waals surface area contributed by atoms with Gasteiger partial charge in [-0.05, 0) is 55.0 Å². The Bertz CT molecular complexity index is 808. The molecule has 5 nitrogen and oxygen atoms in total. The van der Waals surface area contributed by atoms with Gasteiger partial charge in [-0.15, -0.1) is 16.4 Å². The predicted molar refractivity (Wildman–Crippen MR) is 91.2 cm³/mol. The van der Waals surface area contributed by atoms with Gasteiger partial charge in [0.2, 0.25) is 0 Å². The molecular weight excluding hydrogens is 308 g/mol. The smallest absolute Gasteiger partial charge is 0.273 e. The first kappa shape index (κ1) is 15.4. The molecule has 0 unspecified atom stereocenters. The maximum absolute atomic E-state index is 12.1. The van der Waals surface area contributed by atoms with Crippen LogP contribution in [0, 0.1) is 13.8 Å². The number of nitrogens with one attached hydrogen (secondary N) is 1. The van der Waals surface area contributed by atoms with E-state index in [2.05, 4.69) is 28.6 Å². The van der Waals surface area contributed by atoms with Crippen LogP contribution in [-0.2, 0) is 6.42 Å². The van der Waals surface area contributed by atoms with E-state index < -0.39 is 0 Å². The number of thiophene rings is 1. The number of nitrogens with zero attached hydrogens (tertiary/aromatic N) is 3. The molecule has 1 aromatic carbocycles. The second-order valence-corrected chi connectivity index (χ2v) is 6.43. The van der Waals surface area contributed by atoms with E-state index in [4.69, 9.17) is 0 Å². The molecule has 0 radical (unpaired) electrons. The molecule has 3 rings (SSSR count). The first-order valence-corrected chi connectivity index (χ1v) is 8.32. The Balaban J connectivity index is 1.63. The van der Waals surface area contributed by atoms with Gasteiger partial charge in [-0.2, -0.15) is 0 Å². The lowest BCUT2D eigenvalue weighted by Crippen LogP contribution is -2.25. The van der Waals surface area contributed by atoms with E-state index >= 15 is 0 Å². The van der Waals surface area contributed by atoms with E-state index in [1.165, 1.54) is 16.0 Å². The van der Waals surface area contributed by atoms with Crippen molar-refractivity contribution in [2.24, 2.45) is 0 Å².